The van der Waals surface area contributed by atoms with Crippen molar-refractivity contribution in [3.63, 3.8) is 0 Å². The molecule has 1 amide bonds. The topological polar surface area (TPSA) is 85.3 Å². The number of amides is 1. The van der Waals surface area contributed by atoms with E-state index in [-0.39, 0.29) is 24.6 Å². The summed E-state index contributed by atoms with van der Waals surface area (Å²) in [4.78, 5) is 37.5. The summed E-state index contributed by atoms with van der Waals surface area (Å²) in [5.74, 6) is -2.08. The van der Waals surface area contributed by atoms with Crippen LogP contribution in [-0.2, 0) is 23.9 Å². The highest BCUT2D eigenvalue weighted by Gasteiger charge is 2.37. The van der Waals surface area contributed by atoms with E-state index in [1.807, 2.05) is 30.3 Å². The van der Waals surface area contributed by atoms with Crippen molar-refractivity contribution in [1.82, 2.24) is 5.01 Å². The van der Waals surface area contributed by atoms with Gasteiger partial charge in [0.25, 0.3) is 0 Å². The zero-order valence-corrected chi connectivity index (χ0v) is 17.3. The molecule has 0 saturated carbocycles. The third kappa shape index (κ3) is 6.18. The predicted molar refractivity (Wildman–Crippen MR) is 105 cm³/mol. The molecule has 1 unspecified atom stereocenters. The maximum atomic E-state index is 12.8. The quantitative estimate of drug-likeness (QED) is 0.740. The van der Waals surface area contributed by atoms with Gasteiger partial charge in [0.05, 0.1) is 0 Å². The van der Waals surface area contributed by atoms with E-state index < -0.39 is 29.1 Å². The van der Waals surface area contributed by atoms with Crippen LogP contribution in [0.5, 0.6) is 0 Å². The van der Waals surface area contributed by atoms with Gasteiger partial charge in [-0.05, 0) is 47.1 Å². The molecule has 0 saturated heterocycles. The number of carbonyl (C=O) groups excluding carboxylic acids is 3. The van der Waals surface area contributed by atoms with Crippen LogP contribution in [0.1, 0.15) is 59.4 Å². The molecule has 1 aliphatic heterocycles. The largest absolute Gasteiger partial charge is 0.459 e. The van der Waals surface area contributed by atoms with Crippen LogP contribution in [0.2, 0.25) is 0 Å². The van der Waals surface area contributed by atoms with Gasteiger partial charge >= 0.3 is 11.9 Å². The molecule has 1 aromatic carbocycles. The molecule has 1 aromatic rings. The van der Waals surface area contributed by atoms with E-state index in [1.54, 1.807) is 41.5 Å². The fraction of sp³-hybridized carbons (Fsp3) is 0.524. The minimum absolute atomic E-state index is 0.0187. The highest BCUT2D eigenvalue weighted by atomic mass is 16.6. The predicted octanol–water partition coefficient (Wildman–Crippen LogP) is 3.04. The first-order valence-corrected chi connectivity index (χ1v) is 9.25. The van der Waals surface area contributed by atoms with Crippen molar-refractivity contribution in [3.8, 4) is 0 Å². The second kappa shape index (κ2) is 8.12. The lowest BCUT2D eigenvalue weighted by atomic mass is 9.89. The molecular formula is C21H28N2O5. The number of ether oxygens (including phenoxy) is 2. The molecule has 2 rings (SSSR count). The van der Waals surface area contributed by atoms with Crippen LogP contribution in [0.3, 0.4) is 0 Å². The number of esters is 2. The molecule has 0 bridgehead atoms. The number of hydrazone groups is 1. The number of carbonyl (C=O) groups is 3. The fourth-order valence-electron chi connectivity index (χ4n) is 2.73. The van der Waals surface area contributed by atoms with E-state index in [1.165, 1.54) is 0 Å². The third-order valence-electron chi connectivity index (χ3n) is 3.73. The van der Waals surface area contributed by atoms with Gasteiger partial charge in [-0.2, -0.15) is 5.10 Å². The van der Waals surface area contributed by atoms with Gasteiger partial charge in [0.15, 0.2) is 5.71 Å². The van der Waals surface area contributed by atoms with E-state index >= 15 is 0 Å². The molecule has 0 N–H and O–H groups in total. The molecule has 152 valence electrons. The van der Waals surface area contributed by atoms with Gasteiger partial charge < -0.3 is 9.47 Å². The van der Waals surface area contributed by atoms with Gasteiger partial charge in [-0.3, -0.25) is 9.59 Å². The lowest BCUT2D eigenvalue weighted by Crippen LogP contribution is -2.44. The second-order valence-corrected chi connectivity index (χ2v) is 8.69. The molecule has 1 atom stereocenters. The lowest BCUT2D eigenvalue weighted by Gasteiger charge is -2.30. The molecule has 0 spiro atoms. The smallest absolute Gasteiger partial charge is 0.355 e. The molecule has 7 nitrogen and oxygen atoms in total. The Hall–Kier alpha value is -2.70. The molecule has 7 heteroatoms. The van der Waals surface area contributed by atoms with E-state index in [9.17, 15) is 14.4 Å². The van der Waals surface area contributed by atoms with Gasteiger partial charge in [-0.25, -0.2) is 9.80 Å². The van der Waals surface area contributed by atoms with E-state index in [2.05, 4.69) is 5.10 Å². The van der Waals surface area contributed by atoms with Crippen molar-refractivity contribution in [2.75, 3.05) is 6.54 Å². The highest BCUT2D eigenvalue weighted by molar-refractivity contribution is 6.39. The Kier molecular flexibility index (Phi) is 6.27. The van der Waals surface area contributed by atoms with Crippen molar-refractivity contribution in [2.45, 2.75) is 65.1 Å². The zero-order chi connectivity index (χ0) is 21.1. The van der Waals surface area contributed by atoms with Crippen LogP contribution in [0, 0.1) is 0 Å². The van der Waals surface area contributed by atoms with Gasteiger partial charge in [-0.15, -0.1) is 0 Å². The Morgan fingerprint density at radius 1 is 1.04 bits per heavy atom. The Labute approximate surface area is 165 Å². The van der Waals surface area contributed by atoms with Gasteiger partial charge in [0, 0.05) is 12.3 Å². The minimum Gasteiger partial charge on any atom is -0.459 e. The second-order valence-electron chi connectivity index (χ2n) is 8.69. The number of hydrogen-bond acceptors (Lipinski definition) is 6. The van der Waals surface area contributed by atoms with Gasteiger partial charge in [-0.1, -0.05) is 30.3 Å². The molecule has 0 radical (unpaired) electrons. The summed E-state index contributed by atoms with van der Waals surface area (Å²) in [5, 5.41) is 5.19. The molecular weight excluding hydrogens is 360 g/mol. The van der Waals surface area contributed by atoms with Crippen molar-refractivity contribution in [2.24, 2.45) is 5.10 Å². The fourth-order valence-corrected chi connectivity index (χ4v) is 2.73. The van der Waals surface area contributed by atoms with Gasteiger partial charge in [0.1, 0.15) is 17.7 Å². The summed E-state index contributed by atoms with van der Waals surface area (Å²) < 4.78 is 10.7. The number of hydrogen-bond donors (Lipinski definition) is 0. The average Bonchev–Trinajstić information content (AvgIpc) is 2.53. The van der Waals surface area contributed by atoms with Crippen LogP contribution in [0.15, 0.2) is 35.4 Å². The molecule has 28 heavy (non-hydrogen) atoms. The Morgan fingerprint density at radius 3 is 2.14 bits per heavy atom. The van der Waals surface area contributed by atoms with E-state index in [0.717, 1.165) is 10.6 Å². The molecule has 0 aliphatic carbocycles. The minimum atomic E-state index is -0.710. The molecule has 1 heterocycles. The number of nitrogens with zero attached hydrogens (tertiary/aromatic N) is 2. The van der Waals surface area contributed by atoms with Crippen molar-refractivity contribution >= 4 is 23.6 Å². The van der Waals surface area contributed by atoms with Crippen LogP contribution < -0.4 is 0 Å². The van der Waals surface area contributed by atoms with Crippen molar-refractivity contribution < 1.29 is 23.9 Å². The standard InChI is InChI=1S/C21H28N2O5/c1-20(2,3)27-17(25)13-23-16(24)12-15(14-10-8-7-9-11-14)18(22-23)19(26)28-21(4,5)6/h7-11,15H,12-13H2,1-6H3. The number of rotatable bonds is 4. The van der Waals surface area contributed by atoms with Crippen LogP contribution >= 0.6 is 0 Å². The maximum Gasteiger partial charge on any atom is 0.355 e. The molecule has 1 aliphatic rings. The first kappa shape index (κ1) is 21.6. The van der Waals surface area contributed by atoms with Crippen molar-refractivity contribution in [3.05, 3.63) is 35.9 Å². The SMILES string of the molecule is CC(C)(C)OC(=O)CN1N=C(C(=O)OC(C)(C)C)C(c2ccccc2)CC1=O. The van der Waals surface area contributed by atoms with Crippen LogP contribution in [-0.4, -0.2) is 46.3 Å². The molecule has 0 fully saturated rings. The first-order valence-electron chi connectivity index (χ1n) is 9.25. The molecule has 0 aromatic heterocycles. The summed E-state index contributed by atoms with van der Waals surface area (Å²) in [7, 11) is 0. The first-order chi connectivity index (χ1) is 12.9. The number of benzene rings is 1. The Morgan fingerprint density at radius 2 is 1.61 bits per heavy atom. The van der Waals surface area contributed by atoms with Crippen LogP contribution in [0.25, 0.3) is 0 Å². The summed E-state index contributed by atoms with van der Waals surface area (Å²) >= 11 is 0. The Bertz CT molecular complexity index is 772. The summed E-state index contributed by atoms with van der Waals surface area (Å²) in [6.07, 6.45) is 0.0187. The summed E-state index contributed by atoms with van der Waals surface area (Å²) in [5.41, 5.74) is -0.500. The van der Waals surface area contributed by atoms with Gasteiger partial charge in [0.2, 0.25) is 5.91 Å². The van der Waals surface area contributed by atoms with E-state index in [4.69, 9.17) is 9.47 Å². The van der Waals surface area contributed by atoms with E-state index in [0.29, 0.717) is 0 Å². The van der Waals surface area contributed by atoms with Crippen LogP contribution in [0.4, 0.5) is 0 Å². The zero-order valence-electron chi connectivity index (χ0n) is 17.3. The lowest BCUT2D eigenvalue weighted by molar-refractivity contribution is -0.159. The normalized spacial score (nSPS) is 17.8. The average molecular weight is 388 g/mol. The highest BCUT2D eigenvalue weighted by Crippen LogP contribution is 2.28. The summed E-state index contributed by atoms with van der Waals surface area (Å²) in [6.45, 7) is 10.1. The monoisotopic (exact) mass is 388 g/mol. The Balaban J connectivity index is 2.33. The summed E-state index contributed by atoms with van der Waals surface area (Å²) in [6, 6.07) is 9.19. The maximum absolute atomic E-state index is 12.8. The third-order valence-corrected chi connectivity index (χ3v) is 3.73. The van der Waals surface area contributed by atoms with Crippen molar-refractivity contribution in [1.29, 1.82) is 0 Å².